The Balaban J connectivity index is 1.71. The van der Waals surface area contributed by atoms with Crippen LogP contribution >= 0.6 is 0 Å². The summed E-state index contributed by atoms with van der Waals surface area (Å²) in [5.41, 5.74) is 7.75. The number of nitrogens with two attached hydrogens (primary N) is 1. The van der Waals surface area contributed by atoms with E-state index in [2.05, 4.69) is 20.0 Å². The highest BCUT2D eigenvalue weighted by Crippen LogP contribution is 2.18. The number of esters is 1. The van der Waals surface area contributed by atoms with Crippen LogP contribution in [0.15, 0.2) is 47.0 Å². The molecular formula is C17H19N5O4S. The van der Waals surface area contributed by atoms with Gasteiger partial charge in [0.25, 0.3) is 0 Å². The Morgan fingerprint density at radius 2 is 2.11 bits per heavy atom. The SMILES string of the molecule is Cc1cc(CNS(=O)(=O)c2cccc(NC=C3CCOC3=O)c2)nc(N)n1. The predicted octanol–water partition coefficient (Wildman–Crippen LogP) is 1.09. The first-order valence-electron chi connectivity index (χ1n) is 8.16. The maximum atomic E-state index is 12.5. The Morgan fingerprint density at radius 1 is 1.30 bits per heavy atom. The normalized spacial score (nSPS) is 15.7. The van der Waals surface area contributed by atoms with Crippen LogP contribution in [-0.2, 0) is 26.1 Å². The van der Waals surface area contributed by atoms with E-state index in [0.717, 1.165) is 0 Å². The van der Waals surface area contributed by atoms with Crippen LogP contribution in [0.1, 0.15) is 17.8 Å². The number of benzene rings is 1. The van der Waals surface area contributed by atoms with Crippen molar-refractivity contribution < 1.29 is 17.9 Å². The fourth-order valence-electron chi connectivity index (χ4n) is 2.50. The van der Waals surface area contributed by atoms with Crippen LogP contribution in [-0.4, -0.2) is 31.0 Å². The number of ether oxygens (including phenoxy) is 1. The van der Waals surface area contributed by atoms with Crippen molar-refractivity contribution in [1.29, 1.82) is 0 Å². The summed E-state index contributed by atoms with van der Waals surface area (Å²) in [6, 6.07) is 7.91. The Morgan fingerprint density at radius 3 is 2.81 bits per heavy atom. The average Bonchev–Trinajstić information content (AvgIpc) is 3.03. The molecule has 0 atom stereocenters. The van der Waals surface area contributed by atoms with Crippen molar-refractivity contribution in [3.8, 4) is 0 Å². The molecule has 1 aliphatic rings. The number of anilines is 2. The van der Waals surface area contributed by atoms with Gasteiger partial charge in [-0.15, -0.1) is 0 Å². The molecule has 142 valence electrons. The van der Waals surface area contributed by atoms with E-state index in [0.29, 0.717) is 35.7 Å². The molecule has 2 heterocycles. The number of hydrogen-bond donors (Lipinski definition) is 3. The third-order valence-corrected chi connectivity index (χ3v) is 5.19. The number of nitrogens with one attached hydrogen (secondary N) is 2. The second-order valence-corrected chi connectivity index (χ2v) is 7.68. The van der Waals surface area contributed by atoms with Crippen molar-refractivity contribution in [3.05, 3.63) is 53.5 Å². The van der Waals surface area contributed by atoms with E-state index in [4.69, 9.17) is 10.5 Å². The molecule has 0 radical (unpaired) electrons. The molecule has 27 heavy (non-hydrogen) atoms. The van der Waals surface area contributed by atoms with Gasteiger partial charge in [-0.3, -0.25) is 0 Å². The molecule has 1 aliphatic heterocycles. The van der Waals surface area contributed by atoms with E-state index in [-0.39, 0.29) is 23.4 Å². The molecule has 2 aromatic rings. The van der Waals surface area contributed by atoms with Gasteiger partial charge in [0.15, 0.2) is 0 Å². The molecule has 10 heteroatoms. The molecule has 3 rings (SSSR count). The third-order valence-electron chi connectivity index (χ3n) is 3.79. The molecule has 1 fully saturated rings. The average molecular weight is 389 g/mol. The fraction of sp³-hybridized carbons (Fsp3) is 0.235. The van der Waals surface area contributed by atoms with E-state index >= 15 is 0 Å². The van der Waals surface area contributed by atoms with Crippen LogP contribution in [0.2, 0.25) is 0 Å². The first-order valence-corrected chi connectivity index (χ1v) is 9.64. The van der Waals surface area contributed by atoms with Crippen LogP contribution in [0.3, 0.4) is 0 Å². The number of hydrogen-bond acceptors (Lipinski definition) is 8. The summed E-state index contributed by atoms with van der Waals surface area (Å²) in [4.78, 5) is 19.5. The lowest BCUT2D eigenvalue weighted by molar-refractivity contribution is -0.135. The molecule has 0 spiro atoms. The minimum absolute atomic E-state index is 0.0105. The third kappa shape index (κ3) is 4.80. The van der Waals surface area contributed by atoms with Crippen molar-refractivity contribution >= 4 is 27.6 Å². The maximum Gasteiger partial charge on any atom is 0.335 e. The summed E-state index contributed by atoms with van der Waals surface area (Å²) in [6.07, 6.45) is 2.05. The zero-order chi connectivity index (χ0) is 19.4. The van der Waals surface area contributed by atoms with Crippen LogP contribution in [0.5, 0.6) is 0 Å². The molecule has 1 aromatic carbocycles. The number of rotatable bonds is 6. The molecule has 0 unspecified atom stereocenters. The standard InChI is InChI=1S/C17H19N5O4S/c1-11-7-14(22-17(18)21-11)10-20-27(24,25)15-4-2-3-13(8-15)19-9-12-5-6-26-16(12)23/h2-4,7-9,19-20H,5-6,10H2,1H3,(H2,18,21,22). The molecule has 4 N–H and O–H groups in total. The molecule has 0 saturated carbocycles. The van der Waals surface area contributed by atoms with E-state index in [9.17, 15) is 13.2 Å². The highest BCUT2D eigenvalue weighted by Gasteiger charge is 2.18. The summed E-state index contributed by atoms with van der Waals surface area (Å²) in [6.45, 7) is 2.10. The highest BCUT2D eigenvalue weighted by molar-refractivity contribution is 7.89. The van der Waals surface area contributed by atoms with Crippen LogP contribution in [0.4, 0.5) is 11.6 Å². The second-order valence-electron chi connectivity index (χ2n) is 5.91. The zero-order valence-corrected chi connectivity index (χ0v) is 15.4. The van der Waals surface area contributed by atoms with Crippen molar-refractivity contribution in [3.63, 3.8) is 0 Å². The Bertz CT molecular complexity index is 984. The molecule has 1 aromatic heterocycles. The number of aromatic nitrogens is 2. The molecular weight excluding hydrogens is 370 g/mol. The number of nitrogens with zero attached hydrogens (tertiary/aromatic N) is 2. The largest absolute Gasteiger partial charge is 0.462 e. The van der Waals surface area contributed by atoms with Gasteiger partial charge in [0.05, 0.1) is 29.3 Å². The smallest absolute Gasteiger partial charge is 0.335 e. The fourth-order valence-corrected chi connectivity index (χ4v) is 3.55. The number of sulfonamides is 1. The minimum atomic E-state index is -3.76. The number of aryl methyl sites for hydroxylation is 1. The summed E-state index contributed by atoms with van der Waals surface area (Å²) < 4.78 is 32.4. The van der Waals surface area contributed by atoms with Gasteiger partial charge in [0.2, 0.25) is 16.0 Å². The van der Waals surface area contributed by atoms with Crippen molar-refractivity contribution in [2.24, 2.45) is 0 Å². The van der Waals surface area contributed by atoms with Gasteiger partial charge < -0.3 is 15.8 Å². The van der Waals surface area contributed by atoms with Crippen LogP contribution in [0, 0.1) is 6.92 Å². The van der Waals surface area contributed by atoms with Gasteiger partial charge >= 0.3 is 5.97 Å². The van der Waals surface area contributed by atoms with Gasteiger partial charge in [-0.1, -0.05) is 6.07 Å². The summed E-state index contributed by atoms with van der Waals surface area (Å²) in [5, 5.41) is 2.93. The Labute approximate surface area is 156 Å². The molecule has 0 amide bonds. The predicted molar refractivity (Wildman–Crippen MR) is 98.9 cm³/mol. The molecule has 1 saturated heterocycles. The highest BCUT2D eigenvalue weighted by atomic mass is 32.2. The van der Waals surface area contributed by atoms with E-state index in [1.54, 1.807) is 25.1 Å². The van der Waals surface area contributed by atoms with E-state index < -0.39 is 10.0 Å². The van der Waals surface area contributed by atoms with Crippen molar-refractivity contribution in [2.45, 2.75) is 24.8 Å². The van der Waals surface area contributed by atoms with Gasteiger partial charge in [0.1, 0.15) is 0 Å². The lowest BCUT2D eigenvalue weighted by Crippen LogP contribution is -2.24. The summed E-state index contributed by atoms with van der Waals surface area (Å²) in [7, 11) is -3.76. The maximum absolute atomic E-state index is 12.5. The first kappa shape index (κ1) is 18.8. The second kappa shape index (κ2) is 7.72. The molecule has 9 nitrogen and oxygen atoms in total. The lowest BCUT2D eigenvalue weighted by Gasteiger charge is -2.09. The van der Waals surface area contributed by atoms with Crippen LogP contribution in [0.25, 0.3) is 0 Å². The first-order chi connectivity index (χ1) is 12.8. The topological polar surface area (TPSA) is 136 Å². The van der Waals surface area contributed by atoms with E-state index in [1.165, 1.54) is 18.3 Å². The monoisotopic (exact) mass is 389 g/mol. The number of carbonyl (C=O) groups is 1. The van der Waals surface area contributed by atoms with Gasteiger partial charge in [-0.2, -0.15) is 0 Å². The Kier molecular flexibility index (Phi) is 5.38. The van der Waals surface area contributed by atoms with Crippen molar-refractivity contribution in [1.82, 2.24) is 14.7 Å². The Hall–Kier alpha value is -2.98. The van der Waals surface area contributed by atoms with Gasteiger partial charge in [-0.25, -0.2) is 27.9 Å². The summed E-state index contributed by atoms with van der Waals surface area (Å²) >= 11 is 0. The lowest BCUT2D eigenvalue weighted by atomic mass is 10.2. The quantitative estimate of drug-likeness (QED) is 0.493. The van der Waals surface area contributed by atoms with Crippen LogP contribution < -0.4 is 15.8 Å². The minimum Gasteiger partial charge on any atom is -0.462 e. The van der Waals surface area contributed by atoms with Gasteiger partial charge in [0, 0.05) is 24.0 Å². The van der Waals surface area contributed by atoms with Crippen molar-refractivity contribution in [2.75, 3.05) is 17.7 Å². The van der Waals surface area contributed by atoms with Gasteiger partial charge in [-0.05, 0) is 31.2 Å². The van der Waals surface area contributed by atoms with E-state index in [1.807, 2.05) is 0 Å². The molecule has 0 bridgehead atoms. The summed E-state index contributed by atoms with van der Waals surface area (Å²) in [5.74, 6) is -0.277. The number of nitrogen functional groups attached to an aromatic ring is 1. The number of carbonyl (C=O) groups excluding carboxylic acids is 1. The zero-order valence-electron chi connectivity index (χ0n) is 14.6. The number of cyclic esters (lactones) is 1. The molecule has 0 aliphatic carbocycles.